The fraction of sp³-hybridized carbons (Fsp3) is 0.889. The maximum absolute atomic E-state index is 13.4. The second-order valence-corrected chi connectivity index (χ2v) is 3.94. The number of halogens is 8. The Morgan fingerprint density at radius 3 is 2.11 bits per heavy atom. The van der Waals surface area contributed by atoms with Crippen LogP contribution in [-0.2, 0) is 0 Å². The zero-order chi connectivity index (χ0) is 14.9. The Balaban J connectivity index is 3.12. The highest BCUT2D eigenvalue weighted by molar-refractivity contribution is 5.90. The van der Waals surface area contributed by atoms with E-state index in [-0.39, 0.29) is 13.1 Å². The molecule has 0 bridgehead atoms. The van der Waals surface area contributed by atoms with E-state index in [1.807, 2.05) is 0 Å². The van der Waals surface area contributed by atoms with Gasteiger partial charge in [-0.15, -0.1) is 0 Å². The molecule has 0 radical (unpaired) electrons. The molecule has 112 valence electrons. The van der Waals surface area contributed by atoms with Gasteiger partial charge >= 0.3 is 24.2 Å². The first-order valence-electron chi connectivity index (χ1n) is 5.25. The van der Waals surface area contributed by atoms with Crippen molar-refractivity contribution in [1.29, 1.82) is 0 Å². The first-order valence-corrected chi connectivity index (χ1v) is 5.25. The fourth-order valence-corrected chi connectivity index (χ4v) is 1.40. The Labute approximate surface area is 102 Å². The molecule has 0 saturated heterocycles. The van der Waals surface area contributed by atoms with Crippen molar-refractivity contribution in [2.24, 2.45) is 4.99 Å². The Kier molecular flexibility index (Phi) is 4.30. The summed E-state index contributed by atoms with van der Waals surface area (Å²) in [4.78, 5) is 3.03. The van der Waals surface area contributed by atoms with Gasteiger partial charge in [0.15, 0.2) is 5.84 Å². The van der Waals surface area contributed by atoms with Gasteiger partial charge in [0.05, 0.1) is 0 Å². The normalized spacial score (nSPS) is 18.9. The van der Waals surface area contributed by atoms with Gasteiger partial charge in [-0.1, -0.05) is 0 Å². The third-order valence-electron chi connectivity index (χ3n) is 2.53. The third-order valence-corrected chi connectivity index (χ3v) is 2.53. The summed E-state index contributed by atoms with van der Waals surface area (Å²) in [5.74, 6) is -19.6. The van der Waals surface area contributed by atoms with Gasteiger partial charge < -0.3 is 5.32 Å². The topological polar surface area (TPSA) is 24.4 Å². The SMILES string of the molecule is FC(F)C(F)(F)C(F)(F)C(F)(F)C1=NCCCCN1. The Morgan fingerprint density at radius 2 is 1.58 bits per heavy atom. The predicted octanol–water partition coefficient (Wildman–Crippen LogP) is 2.94. The van der Waals surface area contributed by atoms with Gasteiger partial charge in [0, 0.05) is 13.1 Å². The maximum atomic E-state index is 13.4. The molecule has 1 aliphatic rings. The quantitative estimate of drug-likeness (QED) is 0.793. The van der Waals surface area contributed by atoms with Crippen LogP contribution in [0.15, 0.2) is 4.99 Å². The van der Waals surface area contributed by atoms with Gasteiger partial charge in [0.1, 0.15) is 0 Å². The van der Waals surface area contributed by atoms with Crippen molar-refractivity contribution in [3.05, 3.63) is 0 Å². The number of rotatable bonds is 4. The number of hydrogen-bond donors (Lipinski definition) is 1. The van der Waals surface area contributed by atoms with Crippen molar-refractivity contribution >= 4 is 5.84 Å². The lowest BCUT2D eigenvalue weighted by Crippen LogP contribution is -2.63. The van der Waals surface area contributed by atoms with E-state index in [4.69, 9.17) is 0 Å². The predicted molar refractivity (Wildman–Crippen MR) is 50.4 cm³/mol. The van der Waals surface area contributed by atoms with E-state index in [1.54, 1.807) is 5.32 Å². The summed E-state index contributed by atoms with van der Waals surface area (Å²) in [6.07, 6.45) is -4.30. The monoisotopic (exact) mass is 298 g/mol. The van der Waals surface area contributed by atoms with Gasteiger partial charge in [-0.05, 0) is 12.8 Å². The molecule has 10 heteroatoms. The molecule has 0 spiro atoms. The number of nitrogens with zero attached hydrogens (tertiary/aromatic N) is 1. The highest BCUT2D eigenvalue weighted by atomic mass is 19.4. The highest BCUT2D eigenvalue weighted by Gasteiger charge is 2.77. The molecule has 2 nitrogen and oxygen atoms in total. The summed E-state index contributed by atoms with van der Waals surface area (Å²) in [5, 5.41) is 1.78. The minimum atomic E-state index is -6.25. The third kappa shape index (κ3) is 2.62. The molecule has 1 rings (SSSR count). The summed E-state index contributed by atoms with van der Waals surface area (Å²) < 4.78 is 102. The molecule has 0 aromatic rings. The van der Waals surface area contributed by atoms with Crippen LogP contribution in [0.3, 0.4) is 0 Å². The molecular formula is C9H10F8N2. The second kappa shape index (κ2) is 5.12. The average molecular weight is 298 g/mol. The molecule has 0 amide bonds. The van der Waals surface area contributed by atoms with Crippen LogP contribution < -0.4 is 5.32 Å². The molecule has 1 N–H and O–H groups in total. The van der Waals surface area contributed by atoms with Gasteiger partial charge in [0.25, 0.3) is 0 Å². The van der Waals surface area contributed by atoms with E-state index >= 15 is 0 Å². The van der Waals surface area contributed by atoms with Crippen LogP contribution >= 0.6 is 0 Å². The Bertz CT molecular complexity index is 352. The van der Waals surface area contributed by atoms with Crippen molar-refractivity contribution in [2.45, 2.75) is 37.0 Å². The molecule has 0 unspecified atom stereocenters. The molecule has 0 aromatic carbocycles. The summed E-state index contributed by atoms with van der Waals surface area (Å²) in [6.45, 7) is -0.445. The van der Waals surface area contributed by atoms with Crippen LogP contribution in [0.2, 0.25) is 0 Å². The van der Waals surface area contributed by atoms with Crippen molar-refractivity contribution in [3.8, 4) is 0 Å². The van der Waals surface area contributed by atoms with E-state index < -0.39 is 30.0 Å². The van der Waals surface area contributed by atoms with E-state index in [9.17, 15) is 35.1 Å². The molecule has 0 aromatic heterocycles. The Morgan fingerprint density at radius 1 is 1.00 bits per heavy atom. The molecule has 19 heavy (non-hydrogen) atoms. The fourth-order valence-electron chi connectivity index (χ4n) is 1.40. The van der Waals surface area contributed by atoms with Crippen LogP contribution in [0.4, 0.5) is 35.1 Å². The maximum Gasteiger partial charge on any atom is 0.385 e. The summed E-state index contributed by atoms with van der Waals surface area (Å²) in [5.41, 5.74) is 0. The minimum absolute atomic E-state index is 0.176. The number of aliphatic imine (C=N–C) groups is 1. The summed E-state index contributed by atoms with van der Waals surface area (Å²) >= 11 is 0. The minimum Gasteiger partial charge on any atom is -0.369 e. The lowest BCUT2D eigenvalue weighted by atomic mass is 10.0. The van der Waals surface area contributed by atoms with Crippen molar-refractivity contribution in [3.63, 3.8) is 0 Å². The largest absolute Gasteiger partial charge is 0.385 e. The lowest BCUT2D eigenvalue weighted by Gasteiger charge is -2.32. The molecule has 1 heterocycles. The van der Waals surface area contributed by atoms with E-state index in [0.717, 1.165) is 0 Å². The van der Waals surface area contributed by atoms with Crippen LogP contribution in [0.1, 0.15) is 12.8 Å². The number of alkyl halides is 8. The zero-order valence-electron chi connectivity index (χ0n) is 9.38. The summed E-state index contributed by atoms with van der Waals surface area (Å²) in [6, 6.07) is 0. The number of amidine groups is 1. The molecule has 0 saturated carbocycles. The van der Waals surface area contributed by atoms with Gasteiger partial charge in [0.2, 0.25) is 0 Å². The second-order valence-electron chi connectivity index (χ2n) is 3.94. The zero-order valence-corrected chi connectivity index (χ0v) is 9.38. The molecule has 0 fully saturated rings. The summed E-state index contributed by atoms with van der Waals surface area (Å²) in [7, 11) is 0. The number of nitrogens with one attached hydrogen (secondary N) is 1. The van der Waals surface area contributed by atoms with Gasteiger partial charge in [-0.2, -0.15) is 26.3 Å². The van der Waals surface area contributed by atoms with Crippen LogP contribution in [0, 0.1) is 0 Å². The first kappa shape index (κ1) is 16.0. The number of hydrogen-bond acceptors (Lipinski definition) is 2. The molecule has 1 aliphatic heterocycles. The van der Waals surface area contributed by atoms with Crippen LogP contribution in [0.5, 0.6) is 0 Å². The van der Waals surface area contributed by atoms with Crippen molar-refractivity contribution in [1.82, 2.24) is 5.32 Å². The van der Waals surface area contributed by atoms with Crippen LogP contribution in [0.25, 0.3) is 0 Å². The van der Waals surface area contributed by atoms with E-state index in [2.05, 4.69) is 4.99 Å². The molecular weight excluding hydrogens is 288 g/mol. The van der Waals surface area contributed by atoms with E-state index in [0.29, 0.717) is 12.8 Å². The van der Waals surface area contributed by atoms with Crippen LogP contribution in [-0.4, -0.2) is 43.1 Å². The lowest BCUT2D eigenvalue weighted by molar-refractivity contribution is -0.319. The highest BCUT2D eigenvalue weighted by Crippen LogP contribution is 2.48. The smallest absolute Gasteiger partial charge is 0.369 e. The first-order chi connectivity index (χ1) is 8.55. The van der Waals surface area contributed by atoms with Gasteiger partial charge in [-0.3, -0.25) is 4.99 Å². The standard InChI is InChI=1S/C9H10F8N2/c10-5(11)7(12,13)9(16,17)8(14,15)6-18-3-1-2-4-19-6/h5H,1-4H2,(H,18,19). The van der Waals surface area contributed by atoms with Crippen molar-refractivity contribution in [2.75, 3.05) is 13.1 Å². The Hall–Kier alpha value is -1.09. The molecule has 0 atom stereocenters. The van der Waals surface area contributed by atoms with Crippen molar-refractivity contribution < 1.29 is 35.1 Å². The van der Waals surface area contributed by atoms with Gasteiger partial charge in [-0.25, -0.2) is 8.78 Å². The van der Waals surface area contributed by atoms with E-state index in [1.165, 1.54) is 0 Å². The molecule has 0 aliphatic carbocycles. The average Bonchev–Trinajstić information content (AvgIpc) is 2.56.